The SMILES string of the molecule is N#CC1=CC(Oc2ccc3c(c2C(F)F)[C@@H](O)C(F)(F)S3(=O)=O)CC(F)=C1. The number of nitriles is 1. The maximum absolute atomic E-state index is 13.9. The Hall–Kier alpha value is -2.45. The number of sulfone groups is 1. The van der Waals surface area contributed by atoms with Crippen LogP contribution in [-0.2, 0) is 9.84 Å². The average molecular weight is 407 g/mol. The van der Waals surface area contributed by atoms with Crippen LogP contribution in [0.4, 0.5) is 22.0 Å². The van der Waals surface area contributed by atoms with Crippen molar-refractivity contribution in [2.24, 2.45) is 0 Å². The fourth-order valence-electron chi connectivity index (χ4n) is 2.94. The summed E-state index contributed by atoms with van der Waals surface area (Å²) in [4.78, 5) is -1.12. The molecule has 0 saturated heterocycles. The van der Waals surface area contributed by atoms with Gasteiger partial charge in [-0.1, -0.05) is 0 Å². The molecule has 0 amide bonds. The van der Waals surface area contributed by atoms with Crippen LogP contribution < -0.4 is 4.74 Å². The zero-order chi connectivity index (χ0) is 20.1. The Labute approximate surface area is 149 Å². The van der Waals surface area contributed by atoms with Crippen molar-refractivity contribution in [2.45, 2.75) is 35.2 Å². The number of hydrogen-bond acceptors (Lipinski definition) is 5. The summed E-state index contributed by atoms with van der Waals surface area (Å²) in [5.74, 6) is -1.45. The molecule has 0 radical (unpaired) electrons. The van der Waals surface area contributed by atoms with E-state index in [4.69, 9.17) is 10.00 Å². The molecule has 1 aliphatic heterocycles. The molecule has 1 N–H and O–H groups in total. The molecule has 0 saturated carbocycles. The van der Waals surface area contributed by atoms with Gasteiger partial charge in [-0.05, 0) is 24.3 Å². The van der Waals surface area contributed by atoms with E-state index >= 15 is 0 Å². The van der Waals surface area contributed by atoms with Gasteiger partial charge in [0.05, 0.1) is 22.1 Å². The first kappa shape index (κ1) is 19.3. The van der Waals surface area contributed by atoms with Crippen molar-refractivity contribution in [3.8, 4) is 11.8 Å². The summed E-state index contributed by atoms with van der Waals surface area (Å²) < 4.78 is 97.2. The molecule has 1 aliphatic carbocycles. The second-order valence-corrected chi connectivity index (χ2v) is 7.83. The molecular formula is C16H10F5NO4S. The van der Waals surface area contributed by atoms with E-state index in [0.29, 0.717) is 6.07 Å². The van der Waals surface area contributed by atoms with Gasteiger partial charge in [0.1, 0.15) is 17.7 Å². The predicted molar refractivity (Wildman–Crippen MR) is 80.4 cm³/mol. The molecule has 2 aliphatic rings. The molecule has 11 heteroatoms. The molecule has 0 spiro atoms. The third-order valence-corrected chi connectivity index (χ3v) is 6.02. The number of halogens is 5. The zero-order valence-corrected chi connectivity index (χ0v) is 14.0. The minimum atomic E-state index is -5.36. The van der Waals surface area contributed by atoms with Gasteiger partial charge in [-0.25, -0.2) is 21.6 Å². The molecule has 144 valence electrons. The number of aliphatic hydroxyl groups excluding tert-OH is 1. The van der Waals surface area contributed by atoms with Gasteiger partial charge in [0.25, 0.3) is 6.43 Å². The summed E-state index contributed by atoms with van der Waals surface area (Å²) in [6, 6.07) is 3.02. The van der Waals surface area contributed by atoms with Crippen LogP contribution in [-0.4, -0.2) is 24.9 Å². The first-order valence-corrected chi connectivity index (χ1v) is 8.89. The highest BCUT2D eigenvalue weighted by Gasteiger charge is 2.61. The van der Waals surface area contributed by atoms with Crippen molar-refractivity contribution in [1.82, 2.24) is 0 Å². The van der Waals surface area contributed by atoms with Gasteiger partial charge in [0, 0.05) is 12.0 Å². The van der Waals surface area contributed by atoms with Crippen molar-refractivity contribution in [3.05, 3.63) is 46.8 Å². The van der Waals surface area contributed by atoms with Crippen molar-refractivity contribution >= 4 is 9.84 Å². The number of alkyl halides is 4. The van der Waals surface area contributed by atoms with Gasteiger partial charge in [0.15, 0.2) is 6.10 Å². The molecule has 5 nitrogen and oxygen atoms in total. The van der Waals surface area contributed by atoms with Gasteiger partial charge in [-0.3, -0.25) is 0 Å². The standard InChI is InChI=1S/C16H10F5NO4S/c17-8-3-7(6-22)4-9(5-8)26-10-1-2-11-13(12(10)15(18)19)14(23)16(20,21)27(11,24)25/h1-4,9,14-15,23H,5H2/t9?,14-/m1/s1. The van der Waals surface area contributed by atoms with E-state index in [1.165, 1.54) is 0 Å². The third kappa shape index (κ3) is 2.89. The second-order valence-electron chi connectivity index (χ2n) is 5.84. The molecule has 1 aromatic rings. The molecule has 0 bridgehead atoms. The number of rotatable bonds is 3. The van der Waals surface area contributed by atoms with Crippen LogP contribution >= 0.6 is 0 Å². The lowest BCUT2D eigenvalue weighted by Gasteiger charge is -2.22. The number of benzene rings is 1. The topological polar surface area (TPSA) is 87.4 Å². The smallest absolute Gasteiger partial charge is 0.379 e. The van der Waals surface area contributed by atoms with E-state index in [9.17, 15) is 35.5 Å². The molecule has 0 aromatic heterocycles. The van der Waals surface area contributed by atoms with E-state index in [-0.39, 0.29) is 5.57 Å². The Morgan fingerprint density at radius 1 is 1.33 bits per heavy atom. The first-order valence-electron chi connectivity index (χ1n) is 7.40. The lowest BCUT2D eigenvalue weighted by molar-refractivity contribution is -0.0392. The Balaban J connectivity index is 2.11. The summed E-state index contributed by atoms with van der Waals surface area (Å²) in [7, 11) is -5.36. The lowest BCUT2D eigenvalue weighted by Crippen LogP contribution is -2.28. The molecule has 0 fully saturated rings. The molecule has 1 unspecified atom stereocenters. The van der Waals surface area contributed by atoms with Crippen LogP contribution in [0.5, 0.6) is 5.75 Å². The summed E-state index contributed by atoms with van der Waals surface area (Å²) in [6.07, 6.45) is -5.99. The lowest BCUT2D eigenvalue weighted by atomic mass is 10.0. The Bertz CT molecular complexity index is 1010. The minimum absolute atomic E-state index is 0.127. The van der Waals surface area contributed by atoms with Gasteiger partial charge >= 0.3 is 5.25 Å². The molecule has 1 heterocycles. The van der Waals surface area contributed by atoms with Crippen LogP contribution in [0.1, 0.15) is 30.1 Å². The molecular weight excluding hydrogens is 397 g/mol. The number of aliphatic hydroxyl groups is 1. The highest BCUT2D eigenvalue weighted by Crippen LogP contribution is 2.53. The number of fused-ring (bicyclic) bond motifs is 1. The summed E-state index contributed by atoms with van der Waals surface area (Å²) in [5, 5.41) is 13.8. The maximum Gasteiger partial charge on any atom is 0.379 e. The summed E-state index contributed by atoms with van der Waals surface area (Å²) >= 11 is 0. The molecule has 1 aromatic carbocycles. The average Bonchev–Trinajstić information content (AvgIpc) is 2.71. The number of nitrogens with zero attached hydrogens (tertiary/aromatic N) is 1. The minimum Gasteiger partial charge on any atom is -0.485 e. The summed E-state index contributed by atoms with van der Waals surface area (Å²) in [6.45, 7) is 0. The van der Waals surface area contributed by atoms with Crippen molar-refractivity contribution < 1.29 is 40.2 Å². The molecule has 3 rings (SSSR count). The Kier molecular flexibility index (Phi) is 4.52. The van der Waals surface area contributed by atoms with Crippen LogP contribution in [0.15, 0.2) is 40.6 Å². The Morgan fingerprint density at radius 3 is 2.59 bits per heavy atom. The van der Waals surface area contributed by atoms with E-state index in [1.54, 1.807) is 6.07 Å². The number of hydrogen-bond donors (Lipinski definition) is 1. The van der Waals surface area contributed by atoms with E-state index < -0.39 is 67.7 Å². The number of ether oxygens (including phenoxy) is 1. The normalized spacial score (nSPS) is 25.4. The highest BCUT2D eigenvalue weighted by molar-refractivity contribution is 7.92. The van der Waals surface area contributed by atoms with Gasteiger partial charge in [0.2, 0.25) is 9.84 Å². The van der Waals surface area contributed by atoms with Crippen molar-refractivity contribution in [1.29, 1.82) is 5.26 Å². The van der Waals surface area contributed by atoms with Gasteiger partial charge in [-0.15, -0.1) is 0 Å². The van der Waals surface area contributed by atoms with Crippen LogP contribution in [0.25, 0.3) is 0 Å². The number of allylic oxidation sites excluding steroid dienone is 2. The molecule has 2 atom stereocenters. The van der Waals surface area contributed by atoms with Crippen LogP contribution in [0.2, 0.25) is 0 Å². The monoisotopic (exact) mass is 407 g/mol. The third-order valence-electron chi connectivity index (χ3n) is 4.15. The van der Waals surface area contributed by atoms with E-state index in [1.807, 2.05) is 0 Å². The highest BCUT2D eigenvalue weighted by atomic mass is 32.2. The van der Waals surface area contributed by atoms with Crippen molar-refractivity contribution in [2.75, 3.05) is 0 Å². The van der Waals surface area contributed by atoms with E-state index in [0.717, 1.165) is 18.2 Å². The van der Waals surface area contributed by atoms with E-state index in [2.05, 4.69) is 0 Å². The fourth-order valence-corrected chi connectivity index (χ4v) is 4.40. The van der Waals surface area contributed by atoms with Crippen LogP contribution in [0.3, 0.4) is 0 Å². The zero-order valence-electron chi connectivity index (χ0n) is 13.2. The fraction of sp³-hybridized carbons (Fsp3) is 0.312. The molecule has 27 heavy (non-hydrogen) atoms. The Morgan fingerprint density at radius 2 is 2.00 bits per heavy atom. The summed E-state index contributed by atoms with van der Waals surface area (Å²) in [5.41, 5.74) is -2.50. The van der Waals surface area contributed by atoms with Gasteiger partial charge in [-0.2, -0.15) is 14.0 Å². The second kappa shape index (κ2) is 6.31. The van der Waals surface area contributed by atoms with Crippen molar-refractivity contribution in [3.63, 3.8) is 0 Å². The quantitative estimate of drug-likeness (QED) is 0.775. The van der Waals surface area contributed by atoms with Gasteiger partial charge < -0.3 is 9.84 Å². The largest absolute Gasteiger partial charge is 0.485 e. The first-order chi connectivity index (χ1) is 12.5. The van der Waals surface area contributed by atoms with Crippen LogP contribution in [0, 0.1) is 11.3 Å². The predicted octanol–water partition coefficient (Wildman–Crippen LogP) is 3.49. The maximum atomic E-state index is 13.9.